The molecule has 0 bridgehead atoms. The third kappa shape index (κ3) is 3.85. The highest BCUT2D eigenvalue weighted by Crippen LogP contribution is 2.30. The van der Waals surface area contributed by atoms with Crippen LogP contribution in [0.1, 0.15) is 18.9 Å². The van der Waals surface area contributed by atoms with Crippen molar-refractivity contribution in [2.24, 2.45) is 0 Å². The zero-order chi connectivity index (χ0) is 18.0. The summed E-state index contributed by atoms with van der Waals surface area (Å²) in [6, 6.07) is 7.90. The Kier molecular flexibility index (Phi) is 4.82. The number of pyridine rings is 1. The van der Waals surface area contributed by atoms with E-state index in [-0.39, 0.29) is 16.6 Å². The zero-order valence-corrected chi connectivity index (χ0v) is 14.6. The lowest BCUT2D eigenvalue weighted by Crippen LogP contribution is -2.39. The van der Waals surface area contributed by atoms with Gasteiger partial charge in [0.15, 0.2) is 0 Å². The summed E-state index contributed by atoms with van der Waals surface area (Å²) in [6.45, 7) is 3.20. The minimum Gasteiger partial charge on any atom is -0.488 e. The molecule has 134 valence electrons. The molecule has 0 amide bonds. The minimum absolute atomic E-state index is 0.108. The third-order valence-corrected chi connectivity index (χ3v) is 5.15. The highest BCUT2D eigenvalue weighted by Gasteiger charge is 2.24. The van der Waals surface area contributed by atoms with Crippen LogP contribution in [0.2, 0.25) is 0 Å². The quantitative estimate of drug-likeness (QED) is 0.786. The maximum absolute atomic E-state index is 12.0. The molecule has 1 aliphatic rings. The van der Waals surface area contributed by atoms with Gasteiger partial charge in [-0.25, -0.2) is 0 Å². The summed E-state index contributed by atoms with van der Waals surface area (Å²) >= 11 is 0. The molecule has 3 rings (SSSR count). The number of anilines is 1. The molecule has 1 unspecified atom stereocenters. The number of aromatic nitrogens is 1. The Morgan fingerprint density at radius 1 is 1.36 bits per heavy atom. The van der Waals surface area contributed by atoms with Gasteiger partial charge in [0, 0.05) is 12.7 Å². The largest absolute Gasteiger partial charge is 0.488 e. The molecule has 8 heteroatoms. The first-order valence-electron chi connectivity index (χ1n) is 8.08. The fourth-order valence-corrected chi connectivity index (χ4v) is 3.55. The number of rotatable bonds is 5. The highest BCUT2D eigenvalue weighted by molar-refractivity contribution is 7.85. The normalized spacial score (nSPS) is 16.8. The molecule has 2 heterocycles. The molecule has 1 atom stereocenters. The lowest BCUT2D eigenvalue weighted by atomic mass is 10.0. The maximum Gasteiger partial charge on any atom is 0.294 e. The summed E-state index contributed by atoms with van der Waals surface area (Å²) in [5.41, 5.74) is 1.21. The lowest BCUT2D eigenvalue weighted by molar-refractivity contribution is 0.178. The molecule has 2 aromatic rings. The monoisotopic (exact) mass is 364 g/mol. The Labute approximate surface area is 146 Å². The number of ether oxygens (including phenoxy) is 1. The van der Waals surface area contributed by atoms with Crippen LogP contribution in [0.3, 0.4) is 0 Å². The summed E-state index contributed by atoms with van der Waals surface area (Å²) in [5.74, 6) is 0.613. The van der Waals surface area contributed by atoms with Crippen LogP contribution in [0.15, 0.2) is 46.2 Å². The Hall–Kier alpha value is -2.32. The van der Waals surface area contributed by atoms with Gasteiger partial charge in [-0.15, -0.1) is 0 Å². The van der Waals surface area contributed by atoms with Gasteiger partial charge in [0.25, 0.3) is 15.7 Å². The van der Waals surface area contributed by atoms with Gasteiger partial charge in [-0.2, -0.15) is 8.42 Å². The number of hydrogen-bond acceptors (Lipinski definition) is 5. The van der Waals surface area contributed by atoms with E-state index in [0.29, 0.717) is 37.4 Å². The Morgan fingerprint density at radius 2 is 2.16 bits per heavy atom. The van der Waals surface area contributed by atoms with Crippen LogP contribution in [-0.2, 0) is 16.5 Å². The average molecular weight is 364 g/mol. The predicted molar refractivity (Wildman–Crippen MR) is 93.9 cm³/mol. The molecule has 0 aliphatic carbocycles. The summed E-state index contributed by atoms with van der Waals surface area (Å²) in [5, 5.41) is 0. The van der Waals surface area contributed by atoms with Crippen LogP contribution < -0.4 is 15.2 Å². The number of H-pyrrole nitrogens is 1. The van der Waals surface area contributed by atoms with Gasteiger partial charge < -0.3 is 14.6 Å². The van der Waals surface area contributed by atoms with Gasteiger partial charge >= 0.3 is 0 Å². The van der Waals surface area contributed by atoms with Crippen molar-refractivity contribution in [2.75, 3.05) is 18.0 Å². The number of nitrogens with zero attached hydrogens (tertiary/aromatic N) is 1. The van der Waals surface area contributed by atoms with E-state index < -0.39 is 10.1 Å². The molecule has 0 radical (unpaired) electrons. The second kappa shape index (κ2) is 6.89. The SMILES string of the molecule is CCN(CC1CCc2cc(S(=O)(=O)O)ccc2O1)c1ccc[nH]c1=O. The summed E-state index contributed by atoms with van der Waals surface area (Å²) in [6.07, 6.45) is 2.83. The van der Waals surface area contributed by atoms with Gasteiger partial charge in [0.2, 0.25) is 0 Å². The fraction of sp³-hybridized carbons (Fsp3) is 0.353. The molecule has 0 saturated carbocycles. The lowest BCUT2D eigenvalue weighted by Gasteiger charge is -2.31. The van der Waals surface area contributed by atoms with E-state index in [1.54, 1.807) is 24.4 Å². The number of hydrogen-bond donors (Lipinski definition) is 2. The summed E-state index contributed by atoms with van der Waals surface area (Å²) in [7, 11) is -4.22. The molecule has 2 N–H and O–H groups in total. The smallest absolute Gasteiger partial charge is 0.294 e. The van der Waals surface area contributed by atoms with Crippen molar-refractivity contribution in [3.63, 3.8) is 0 Å². The van der Waals surface area contributed by atoms with E-state index >= 15 is 0 Å². The number of fused-ring (bicyclic) bond motifs is 1. The van der Waals surface area contributed by atoms with Gasteiger partial charge in [0.1, 0.15) is 17.5 Å². The second-order valence-corrected chi connectivity index (χ2v) is 7.37. The van der Waals surface area contributed by atoms with Gasteiger partial charge in [-0.1, -0.05) is 0 Å². The van der Waals surface area contributed by atoms with Crippen LogP contribution >= 0.6 is 0 Å². The minimum atomic E-state index is -4.22. The van der Waals surface area contributed by atoms with E-state index in [1.165, 1.54) is 12.1 Å². The van der Waals surface area contributed by atoms with Gasteiger partial charge in [-0.3, -0.25) is 9.35 Å². The number of likely N-dealkylation sites (N-methyl/N-ethyl adjacent to an activating group) is 1. The molecule has 0 fully saturated rings. The predicted octanol–water partition coefficient (Wildman–Crippen LogP) is 1.84. The van der Waals surface area contributed by atoms with Crippen molar-refractivity contribution in [3.05, 3.63) is 52.4 Å². The van der Waals surface area contributed by atoms with E-state index in [0.717, 1.165) is 5.56 Å². The Balaban J connectivity index is 1.77. The summed E-state index contributed by atoms with van der Waals surface area (Å²) < 4.78 is 37.6. The van der Waals surface area contributed by atoms with Crippen molar-refractivity contribution >= 4 is 15.8 Å². The van der Waals surface area contributed by atoms with Crippen molar-refractivity contribution in [3.8, 4) is 5.75 Å². The van der Waals surface area contributed by atoms with Gasteiger partial charge in [-0.05, 0) is 55.7 Å². The number of aryl methyl sites for hydroxylation is 1. The fourth-order valence-electron chi connectivity index (χ4n) is 3.02. The van der Waals surface area contributed by atoms with Gasteiger partial charge in [0.05, 0.1) is 11.4 Å². The van der Waals surface area contributed by atoms with Crippen LogP contribution in [0, 0.1) is 0 Å². The molecule has 0 spiro atoms. The maximum atomic E-state index is 12.0. The topological polar surface area (TPSA) is 99.7 Å². The summed E-state index contributed by atoms with van der Waals surface area (Å²) in [4.78, 5) is 16.5. The second-order valence-electron chi connectivity index (χ2n) is 5.95. The molecule has 7 nitrogen and oxygen atoms in total. The molecule has 1 aliphatic heterocycles. The van der Waals surface area contributed by atoms with Crippen LogP contribution in [0.4, 0.5) is 5.69 Å². The average Bonchev–Trinajstić information content (AvgIpc) is 2.59. The molecular formula is C17H20N2O5S. The Bertz CT molecular complexity index is 923. The molecular weight excluding hydrogens is 344 g/mol. The van der Waals surface area contributed by atoms with Crippen LogP contribution in [-0.4, -0.2) is 37.1 Å². The van der Waals surface area contributed by atoms with Crippen LogP contribution in [0.25, 0.3) is 0 Å². The van der Waals surface area contributed by atoms with Crippen molar-refractivity contribution < 1.29 is 17.7 Å². The molecule has 0 saturated heterocycles. The first kappa shape index (κ1) is 17.5. The number of benzene rings is 1. The van der Waals surface area contributed by atoms with Crippen LogP contribution in [0.5, 0.6) is 5.75 Å². The molecule has 1 aromatic carbocycles. The van der Waals surface area contributed by atoms with E-state index in [9.17, 15) is 13.2 Å². The first-order chi connectivity index (χ1) is 11.9. The van der Waals surface area contributed by atoms with E-state index in [4.69, 9.17) is 9.29 Å². The van der Waals surface area contributed by atoms with Crippen molar-refractivity contribution in [2.45, 2.75) is 30.8 Å². The van der Waals surface area contributed by atoms with E-state index in [1.807, 2.05) is 11.8 Å². The molecule has 25 heavy (non-hydrogen) atoms. The standard InChI is InChI=1S/C17H20N2O5S/c1-2-19(15-4-3-9-18-17(15)20)11-13-6-5-12-10-14(25(21,22)23)7-8-16(12)24-13/h3-4,7-10,13H,2,5-6,11H2,1H3,(H,18,20)(H,21,22,23). The Morgan fingerprint density at radius 3 is 2.84 bits per heavy atom. The van der Waals surface area contributed by atoms with Crippen molar-refractivity contribution in [1.82, 2.24) is 4.98 Å². The first-order valence-corrected chi connectivity index (χ1v) is 9.52. The number of nitrogens with one attached hydrogen (secondary N) is 1. The molecule has 1 aromatic heterocycles. The zero-order valence-electron chi connectivity index (χ0n) is 13.8. The number of aromatic amines is 1. The van der Waals surface area contributed by atoms with Crippen molar-refractivity contribution in [1.29, 1.82) is 0 Å². The van der Waals surface area contributed by atoms with E-state index in [2.05, 4.69) is 4.98 Å². The highest BCUT2D eigenvalue weighted by atomic mass is 32.2. The third-order valence-electron chi connectivity index (χ3n) is 4.30.